The molecule has 0 heterocycles. The maximum Gasteiger partial charge on any atom is 0.305 e. The highest BCUT2D eigenvalue weighted by molar-refractivity contribution is 5.66. The van der Waals surface area contributed by atoms with Gasteiger partial charge in [-0.05, 0) is 24.8 Å². The van der Waals surface area contributed by atoms with Crippen LogP contribution in [-0.2, 0) is 9.63 Å². The third-order valence-corrected chi connectivity index (χ3v) is 4.34. The Balaban J connectivity index is 1.82. The molecule has 1 fully saturated rings. The van der Waals surface area contributed by atoms with Gasteiger partial charge in [-0.15, -0.1) is 0 Å². The van der Waals surface area contributed by atoms with E-state index in [1.54, 1.807) is 6.08 Å². The highest BCUT2D eigenvalue weighted by Crippen LogP contribution is 2.48. The minimum Gasteiger partial charge on any atom is -0.481 e. The minimum absolute atomic E-state index is 0.0322. The second kappa shape index (κ2) is 7.76. The fourth-order valence-corrected chi connectivity index (χ4v) is 3.07. The quantitative estimate of drug-likeness (QED) is 0.291. The summed E-state index contributed by atoms with van der Waals surface area (Å²) in [5.41, 5.74) is 4.92. The normalized spacial score (nSPS) is 28.6. The van der Waals surface area contributed by atoms with Crippen LogP contribution in [-0.4, -0.2) is 40.1 Å². The van der Waals surface area contributed by atoms with E-state index in [0.29, 0.717) is 0 Å². The van der Waals surface area contributed by atoms with Crippen molar-refractivity contribution in [1.82, 2.24) is 5.48 Å². The lowest BCUT2D eigenvalue weighted by Gasteiger charge is -2.30. The van der Waals surface area contributed by atoms with E-state index >= 15 is 0 Å². The first kappa shape index (κ1) is 17.0. The molecule has 2 rings (SSSR count). The Morgan fingerprint density at radius 2 is 2.27 bits per heavy atom. The smallest absolute Gasteiger partial charge is 0.305 e. The molecule has 0 aliphatic heterocycles. The van der Waals surface area contributed by atoms with Crippen molar-refractivity contribution in [3.8, 4) is 0 Å². The first-order valence-corrected chi connectivity index (χ1v) is 7.88. The standard InChI is InChI=1S/C16H25NO5/c1-2-3-11(18)5-4-10-8-12-13(16(10)21)9-14(12)17-22-7-6-15(19)20/h4-5,10-11,13,16-18,21H,2-3,6-9H2,1H3,(H,19,20)/t10?,11?,13-,16?/m1/s1. The van der Waals surface area contributed by atoms with E-state index in [-0.39, 0.29) is 24.9 Å². The van der Waals surface area contributed by atoms with E-state index < -0.39 is 18.2 Å². The molecule has 4 atom stereocenters. The van der Waals surface area contributed by atoms with Gasteiger partial charge >= 0.3 is 5.97 Å². The van der Waals surface area contributed by atoms with Crippen molar-refractivity contribution in [2.75, 3.05) is 6.61 Å². The van der Waals surface area contributed by atoms with Crippen LogP contribution in [0.25, 0.3) is 0 Å². The number of nitrogens with one attached hydrogen (secondary N) is 1. The third-order valence-electron chi connectivity index (χ3n) is 4.34. The van der Waals surface area contributed by atoms with Crippen molar-refractivity contribution < 1.29 is 25.0 Å². The summed E-state index contributed by atoms with van der Waals surface area (Å²) in [6, 6.07) is 0. The van der Waals surface area contributed by atoms with Crippen molar-refractivity contribution in [3.05, 3.63) is 23.4 Å². The van der Waals surface area contributed by atoms with Gasteiger partial charge in [0.25, 0.3) is 0 Å². The maximum absolute atomic E-state index is 10.4. The summed E-state index contributed by atoms with van der Waals surface area (Å²) in [6.45, 7) is 2.14. The average molecular weight is 311 g/mol. The van der Waals surface area contributed by atoms with Crippen molar-refractivity contribution in [3.63, 3.8) is 0 Å². The van der Waals surface area contributed by atoms with Gasteiger partial charge in [0.05, 0.1) is 25.2 Å². The van der Waals surface area contributed by atoms with Crippen molar-refractivity contribution in [1.29, 1.82) is 0 Å². The number of fused-ring (bicyclic) bond motifs is 1. The molecule has 0 aromatic rings. The second-order valence-corrected chi connectivity index (χ2v) is 6.01. The van der Waals surface area contributed by atoms with Gasteiger partial charge in [0.1, 0.15) is 0 Å². The zero-order valence-electron chi connectivity index (χ0n) is 12.9. The number of hydrogen-bond acceptors (Lipinski definition) is 5. The number of hydrogen-bond donors (Lipinski definition) is 4. The molecular formula is C16H25NO5. The summed E-state index contributed by atoms with van der Waals surface area (Å²) in [5.74, 6) is -0.702. The Bertz CT molecular complexity index is 459. The van der Waals surface area contributed by atoms with E-state index in [1.807, 2.05) is 13.0 Å². The Kier molecular flexibility index (Phi) is 5.99. The van der Waals surface area contributed by atoms with Crippen LogP contribution in [0.1, 0.15) is 39.0 Å². The van der Waals surface area contributed by atoms with Crippen LogP contribution < -0.4 is 5.48 Å². The second-order valence-electron chi connectivity index (χ2n) is 6.01. The SMILES string of the molecule is CCCC(O)C=CC1CC2=C(NOCCC(=O)O)C[C@H]2C1O. The molecule has 0 bridgehead atoms. The predicted octanol–water partition coefficient (Wildman–Crippen LogP) is 1.35. The lowest BCUT2D eigenvalue weighted by Crippen LogP contribution is -2.32. The lowest BCUT2D eigenvalue weighted by molar-refractivity contribution is -0.138. The number of rotatable bonds is 9. The monoisotopic (exact) mass is 311 g/mol. The number of carbonyl (C=O) groups is 1. The van der Waals surface area contributed by atoms with Crippen LogP contribution in [0.5, 0.6) is 0 Å². The molecule has 4 N–H and O–H groups in total. The van der Waals surface area contributed by atoms with Gasteiger partial charge in [0.15, 0.2) is 0 Å². The van der Waals surface area contributed by atoms with Crippen LogP contribution in [0.15, 0.2) is 23.4 Å². The molecule has 0 saturated heterocycles. The highest BCUT2D eigenvalue weighted by atomic mass is 16.6. The van der Waals surface area contributed by atoms with Crippen molar-refractivity contribution in [2.45, 2.75) is 51.2 Å². The van der Waals surface area contributed by atoms with Crippen molar-refractivity contribution >= 4 is 5.97 Å². The minimum atomic E-state index is -0.891. The van der Waals surface area contributed by atoms with Gasteiger partial charge in [0, 0.05) is 17.5 Å². The average Bonchev–Trinajstić information content (AvgIpc) is 2.68. The van der Waals surface area contributed by atoms with E-state index in [9.17, 15) is 15.0 Å². The summed E-state index contributed by atoms with van der Waals surface area (Å²) >= 11 is 0. The number of aliphatic hydroxyl groups excluding tert-OH is 2. The van der Waals surface area contributed by atoms with Gasteiger partial charge in [-0.2, -0.15) is 0 Å². The number of allylic oxidation sites excluding steroid dienone is 1. The Morgan fingerprint density at radius 1 is 1.50 bits per heavy atom. The number of carboxylic acid groups (broad SMARTS) is 1. The molecule has 3 unspecified atom stereocenters. The molecule has 6 nitrogen and oxygen atoms in total. The fraction of sp³-hybridized carbons (Fsp3) is 0.688. The first-order valence-electron chi connectivity index (χ1n) is 7.88. The van der Waals surface area contributed by atoms with E-state index in [0.717, 1.165) is 37.0 Å². The largest absolute Gasteiger partial charge is 0.481 e. The summed E-state index contributed by atoms with van der Waals surface area (Å²) in [6.07, 6.45) is 5.94. The molecule has 6 heteroatoms. The summed E-state index contributed by atoms with van der Waals surface area (Å²) in [4.78, 5) is 15.5. The van der Waals surface area contributed by atoms with Gasteiger partial charge in [0.2, 0.25) is 0 Å². The molecule has 0 amide bonds. The van der Waals surface area contributed by atoms with Crippen LogP contribution >= 0.6 is 0 Å². The first-order chi connectivity index (χ1) is 10.5. The molecule has 22 heavy (non-hydrogen) atoms. The fourth-order valence-electron chi connectivity index (χ4n) is 3.07. The summed E-state index contributed by atoms with van der Waals surface area (Å²) < 4.78 is 0. The lowest BCUT2D eigenvalue weighted by atomic mass is 9.83. The molecule has 2 aliphatic carbocycles. The Labute approximate surface area is 130 Å². The van der Waals surface area contributed by atoms with Crippen LogP contribution in [0.4, 0.5) is 0 Å². The number of aliphatic carboxylic acids is 1. The van der Waals surface area contributed by atoms with E-state index in [2.05, 4.69) is 5.48 Å². The number of hydroxylamine groups is 1. The van der Waals surface area contributed by atoms with Gasteiger partial charge in [-0.3, -0.25) is 15.1 Å². The molecule has 124 valence electrons. The predicted molar refractivity (Wildman–Crippen MR) is 80.6 cm³/mol. The molecule has 0 spiro atoms. The maximum atomic E-state index is 10.4. The van der Waals surface area contributed by atoms with Gasteiger partial charge < -0.3 is 15.3 Å². The van der Waals surface area contributed by atoms with E-state index in [1.165, 1.54) is 0 Å². The number of aliphatic hydroxyl groups is 2. The van der Waals surface area contributed by atoms with E-state index in [4.69, 9.17) is 9.94 Å². The Hall–Kier alpha value is -1.37. The number of carboxylic acids is 1. The molecule has 0 radical (unpaired) electrons. The van der Waals surface area contributed by atoms with Crippen LogP contribution in [0.3, 0.4) is 0 Å². The zero-order valence-corrected chi connectivity index (χ0v) is 12.9. The van der Waals surface area contributed by atoms with Gasteiger partial charge in [-0.1, -0.05) is 25.5 Å². The van der Waals surface area contributed by atoms with Crippen molar-refractivity contribution in [2.24, 2.45) is 11.8 Å². The van der Waals surface area contributed by atoms with Gasteiger partial charge in [-0.25, -0.2) is 0 Å². The zero-order chi connectivity index (χ0) is 16.1. The molecule has 0 aromatic heterocycles. The highest BCUT2D eigenvalue weighted by Gasteiger charge is 2.45. The van der Waals surface area contributed by atoms with Crippen LogP contribution in [0.2, 0.25) is 0 Å². The Morgan fingerprint density at radius 3 is 2.95 bits per heavy atom. The third kappa shape index (κ3) is 4.09. The molecule has 2 aliphatic rings. The molecular weight excluding hydrogens is 286 g/mol. The summed E-state index contributed by atoms with van der Waals surface area (Å²) in [5, 5.41) is 28.5. The summed E-state index contributed by atoms with van der Waals surface area (Å²) in [7, 11) is 0. The topological polar surface area (TPSA) is 99.0 Å². The molecule has 0 aromatic carbocycles. The van der Waals surface area contributed by atoms with Crippen LogP contribution in [0, 0.1) is 11.8 Å². The molecule has 1 saturated carbocycles.